The number of likely N-dealkylation sites (tertiary alicyclic amines) is 1. The SMILES string of the molecule is CO[C@H]1CCN(CC(=O)Nc2ccccc2[N+](=O)[O-])[C@@H](CNC(=O)OC(C)(C)C)C1. The van der Waals surface area contributed by atoms with Crippen LogP contribution in [-0.2, 0) is 14.3 Å². The molecule has 0 radical (unpaired) electrons. The van der Waals surface area contributed by atoms with Crippen molar-refractivity contribution < 1.29 is 24.0 Å². The second-order valence-electron chi connectivity index (χ2n) is 8.21. The Kier molecular flexibility index (Phi) is 8.13. The van der Waals surface area contributed by atoms with Crippen molar-refractivity contribution in [1.29, 1.82) is 0 Å². The van der Waals surface area contributed by atoms with E-state index in [4.69, 9.17) is 9.47 Å². The van der Waals surface area contributed by atoms with Crippen LogP contribution in [-0.4, -0.2) is 66.3 Å². The van der Waals surface area contributed by atoms with Crippen LogP contribution in [0.5, 0.6) is 0 Å². The summed E-state index contributed by atoms with van der Waals surface area (Å²) >= 11 is 0. The van der Waals surface area contributed by atoms with Gasteiger partial charge in [-0.15, -0.1) is 0 Å². The lowest BCUT2D eigenvalue weighted by Crippen LogP contribution is -2.52. The number of alkyl carbamates (subject to hydrolysis) is 1. The topological polar surface area (TPSA) is 123 Å². The van der Waals surface area contributed by atoms with Gasteiger partial charge in [0.15, 0.2) is 0 Å². The van der Waals surface area contributed by atoms with E-state index in [2.05, 4.69) is 10.6 Å². The molecule has 10 heteroatoms. The van der Waals surface area contributed by atoms with Crippen molar-refractivity contribution >= 4 is 23.4 Å². The van der Waals surface area contributed by atoms with Crippen molar-refractivity contribution in [1.82, 2.24) is 10.2 Å². The molecule has 0 spiro atoms. The summed E-state index contributed by atoms with van der Waals surface area (Å²) in [5, 5.41) is 16.5. The van der Waals surface area contributed by atoms with Crippen molar-refractivity contribution in [2.24, 2.45) is 0 Å². The van der Waals surface area contributed by atoms with Gasteiger partial charge in [-0.1, -0.05) is 12.1 Å². The third kappa shape index (κ3) is 7.27. The Hall–Kier alpha value is -2.72. The molecule has 10 nitrogen and oxygen atoms in total. The summed E-state index contributed by atoms with van der Waals surface area (Å²) in [5.41, 5.74) is -0.606. The van der Waals surface area contributed by atoms with Crippen LogP contribution in [0.25, 0.3) is 0 Å². The van der Waals surface area contributed by atoms with Gasteiger partial charge in [-0.05, 0) is 39.7 Å². The molecule has 1 aliphatic rings. The monoisotopic (exact) mass is 422 g/mol. The maximum Gasteiger partial charge on any atom is 0.407 e. The first kappa shape index (κ1) is 23.6. The van der Waals surface area contributed by atoms with Gasteiger partial charge in [0.2, 0.25) is 5.91 Å². The highest BCUT2D eigenvalue weighted by Crippen LogP contribution is 2.24. The summed E-state index contributed by atoms with van der Waals surface area (Å²) in [7, 11) is 1.64. The van der Waals surface area contributed by atoms with Gasteiger partial charge >= 0.3 is 6.09 Å². The van der Waals surface area contributed by atoms with E-state index in [1.54, 1.807) is 40.0 Å². The number of methoxy groups -OCH3 is 1. The number of piperidine rings is 1. The largest absolute Gasteiger partial charge is 0.444 e. The molecular formula is C20H30N4O6. The molecule has 2 amide bonds. The Balaban J connectivity index is 1.99. The summed E-state index contributed by atoms with van der Waals surface area (Å²) in [6.07, 6.45) is 0.903. The number of nitrogens with zero attached hydrogens (tertiary/aromatic N) is 2. The Morgan fingerprint density at radius 2 is 2.00 bits per heavy atom. The fourth-order valence-electron chi connectivity index (χ4n) is 3.33. The number of hydrogen-bond donors (Lipinski definition) is 2. The summed E-state index contributed by atoms with van der Waals surface area (Å²) in [6, 6.07) is 5.87. The number of amides is 2. The van der Waals surface area contributed by atoms with Crippen LogP contribution >= 0.6 is 0 Å². The number of benzene rings is 1. The van der Waals surface area contributed by atoms with E-state index in [1.165, 1.54) is 12.1 Å². The predicted molar refractivity (Wildman–Crippen MR) is 111 cm³/mol. The molecule has 0 bridgehead atoms. The first-order valence-corrected chi connectivity index (χ1v) is 9.86. The lowest BCUT2D eigenvalue weighted by atomic mass is 9.99. The number of rotatable bonds is 7. The predicted octanol–water partition coefficient (Wildman–Crippen LogP) is 2.54. The number of ether oxygens (including phenoxy) is 2. The minimum absolute atomic E-state index is 0.0324. The molecule has 0 saturated carbocycles. The van der Waals surface area contributed by atoms with Crippen molar-refractivity contribution in [2.75, 3.05) is 32.1 Å². The summed E-state index contributed by atoms with van der Waals surface area (Å²) in [4.78, 5) is 37.1. The lowest BCUT2D eigenvalue weighted by Gasteiger charge is -2.38. The molecule has 0 unspecified atom stereocenters. The molecule has 2 atom stereocenters. The number of nitrogens with one attached hydrogen (secondary N) is 2. The average molecular weight is 422 g/mol. The van der Waals surface area contributed by atoms with Crippen LogP contribution in [0.4, 0.5) is 16.2 Å². The average Bonchev–Trinajstić information content (AvgIpc) is 2.66. The van der Waals surface area contributed by atoms with Crippen LogP contribution in [0.2, 0.25) is 0 Å². The Bertz CT molecular complexity index is 764. The molecule has 1 saturated heterocycles. The second kappa shape index (κ2) is 10.4. The standard InChI is InChI=1S/C20H30N4O6/c1-20(2,3)30-19(26)21-12-14-11-15(29-4)9-10-23(14)13-18(25)22-16-7-5-6-8-17(16)24(27)28/h5-8,14-15H,9-13H2,1-4H3,(H,21,26)(H,22,25)/t14-,15+/m1/s1. The van der Waals surface area contributed by atoms with E-state index in [1.807, 2.05) is 4.90 Å². The van der Waals surface area contributed by atoms with Gasteiger partial charge in [0.05, 0.1) is 17.6 Å². The Morgan fingerprint density at radius 1 is 1.30 bits per heavy atom. The van der Waals surface area contributed by atoms with Crippen LogP contribution in [0.3, 0.4) is 0 Å². The zero-order chi connectivity index (χ0) is 22.3. The maximum atomic E-state index is 12.6. The Morgan fingerprint density at radius 3 is 2.63 bits per heavy atom. The molecule has 0 aromatic heterocycles. The lowest BCUT2D eigenvalue weighted by molar-refractivity contribution is -0.383. The highest BCUT2D eigenvalue weighted by atomic mass is 16.6. The summed E-state index contributed by atoms with van der Waals surface area (Å²) in [5.74, 6) is -0.359. The zero-order valence-electron chi connectivity index (χ0n) is 17.8. The van der Waals surface area contributed by atoms with Gasteiger partial charge in [-0.2, -0.15) is 0 Å². The van der Waals surface area contributed by atoms with Crippen molar-refractivity contribution in [2.45, 2.75) is 51.4 Å². The number of nitro groups is 1. The van der Waals surface area contributed by atoms with Gasteiger partial charge < -0.3 is 20.1 Å². The van der Waals surface area contributed by atoms with E-state index in [9.17, 15) is 19.7 Å². The fraction of sp³-hybridized carbons (Fsp3) is 0.600. The summed E-state index contributed by atoms with van der Waals surface area (Å²) < 4.78 is 10.7. The number of anilines is 1. The van der Waals surface area contributed by atoms with Crippen molar-refractivity contribution in [3.05, 3.63) is 34.4 Å². The highest BCUT2D eigenvalue weighted by Gasteiger charge is 2.31. The number of carbonyl (C=O) groups is 2. The summed E-state index contributed by atoms with van der Waals surface area (Å²) in [6.45, 7) is 6.30. The Labute approximate surface area is 176 Å². The maximum absolute atomic E-state index is 12.6. The number of nitro benzene ring substituents is 1. The molecule has 1 aromatic carbocycles. The van der Waals surface area contributed by atoms with Crippen LogP contribution in [0, 0.1) is 10.1 Å². The molecule has 166 valence electrons. The minimum atomic E-state index is -0.602. The molecule has 1 fully saturated rings. The van der Waals surface area contributed by atoms with Crippen molar-refractivity contribution in [3.63, 3.8) is 0 Å². The number of hydrogen-bond acceptors (Lipinski definition) is 7. The van der Waals surface area contributed by atoms with Gasteiger partial charge in [0.25, 0.3) is 5.69 Å². The number of para-hydroxylation sites is 2. The molecular weight excluding hydrogens is 392 g/mol. The van der Waals surface area contributed by atoms with E-state index in [-0.39, 0.29) is 36.0 Å². The molecule has 2 N–H and O–H groups in total. The smallest absolute Gasteiger partial charge is 0.407 e. The van der Waals surface area contributed by atoms with E-state index in [0.29, 0.717) is 19.5 Å². The van der Waals surface area contributed by atoms with Crippen LogP contribution in [0.15, 0.2) is 24.3 Å². The molecule has 2 rings (SSSR count). The second-order valence-corrected chi connectivity index (χ2v) is 8.21. The third-order valence-corrected chi connectivity index (χ3v) is 4.73. The molecule has 1 aromatic rings. The first-order chi connectivity index (χ1) is 14.1. The first-order valence-electron chi connectivity index (χ1n) is 9.86. The van der Waals surface area contributed by atoms with E-state index in [0.717, 1.165) is 6.42 Å². The molecule has 30 heavy (non-hydrogen) atoms. The molecule has 1 heterocycles. The zero-order valence-corrected chi connectivity index (χ0v) is 17.8. The normalized spacial score (nSPS) is 19.7. The van der Waals surface area contributed by atoms with Crippen LogP contribution < -0.4 is 10.6 Å². The van der Waals surface area contributed by atoms with Crippen molar-refractivity contribution in [3.8, 4) is 0 Å². The fourth-order valence-corrected chi connectivity index (χ4v) is 3.33. The third-order valence-electron chi connectivity index (χ3n) is 4.73. The van der Waals surface area contributed by atoms with Gasteiger partial charge in [0.1, 0.15) is 11.3 Å². The number of carbonyl (C=O) groups excluding carboxylic acids is 2. The van der Waals surface area contributed by atoms with Gasteiger partial charge in [0, 0.05) is 32.3 Å². The molecule has 1 aliphatic heterocycles. The molecule has 0 aliphatic carbocycles. The van der Waals surface area contributed by atoms with Crippen LogP contribution in [0.1, 0.15) is 33.6 Å². The highest BCUT2D eigenvalue weighted by molar-refractivity contribution is 5.94. The quantitative estimate of drug-likeness (QED) is 0.511. The van der Waals surface area contributed by atoms with E-state index >= 15 is 0 Å². The van der Waals surface area contributed by atoms with Gasteiger partial charge in [-0.25, -0.2) is 4.79 Å². The van der Waals surface area contributed by atoms with Gasteiger partial charge in [-0.3, -0.25) is 19.8 Å². The minimum Gasteiger partial charge on any atom is -0.444 e. The van der Waals surface area contributed by atoms with E-state index < -0.39 is 16.6 Å².